The maximum absolute atomic E-state index is 13.7. The molecule has 1 aromatic carbocycles. The molecule has 0 spiro atoms. The van der Waals surface area contributed by atoms with Crippen LogP contribution in [0.3, 0.4) is 0 Å². The number of esters is 2. The van der Waals surface area contributed by atoms with E-state index in [-0.39, 0.29) is 41.3 Å². The monoisotopic (exact) mass is 480 g/mol. The second-order valence-electron chi connectivity index (χ2n) is 11.2. The molecule has 0 unspecified atom stereocenters. The standard InChI is InChI=1S/C29H36O6/c1-16-12-23-25(35-27(32)20-10-8-7-9-11-20)18(3)15-29(23,33)26(31)17(2)13-21-22(28(21,5)6)14-24(16)34-19(4)30/h7-13,18,21-25,33H,14-15H2,1-6H3/b16-12+,17-13-/t18-,21-,22+,23-,24+,25-,29-/m0/s1. The highest BCUT2D eigenvalue weighted by Gasteiger charge is 2.60. The highest BCUT2D eigenvalue weighted by Crippen LogP contribution is 2.62. The first-order valence-corrected chi connectivity index (χ1v) is 12.4. The fraction of sp³-hybridized carbons (Fsp3) is 0.552. The van der Waals surface area contributed by atoms with Gasteiger partial charge in [0.25, 0.3) is 0 Å². The van der Waals surface area contributed by atoms with Gasteiger partial charge in [0.05, 0.1) is 11.5 Å². The lowest BCUT2D eigenvalue weighted by Gasteiger charge is -2.31. The molecule has 6 heteroatoms. The molecule has 0 heterocycles. The third-order valence-corrected chi connectivity index (χ3v) is 8.40. The maximum atomic E-state index is 13.7. The van der Waals surface area contributed by atoms with Gasteiger partial charge < -0.3 is 14.6 Å². The van der Waals surface area contributed by atoms with Crippen molar-refractivity contribution in [2.75, 3.05) is 0 Å². The van der Waals surface area contributed by atoms with Gasteiger partial charge in [-0.3, -0.25) is 9.59 Å². The van der Waals surface area contributed by atoms with Crippen molar-refractivity contribution < 1.29 is 29.0 Å². The number of ketones is 1. The summed E-state index contributed by atoms with van der Waals surface area (Å²) in [4.78, 5) is 38.6. The summed E-state index contributed by atoms with van der Waals surface area (Å²) in [6.45, 7) is 11.2. The molecule has 0 radical (unpaired) electrons. The van der Waals surface area contributed by atoms with Gasteiger partial charge in [-0.1, -0.05) is 51.1 Å². The highest BCUT2D eigenvalue weighted by molar-refractivity contribution is 6.02. The Morgan fingerprint density at radius 3 is 2.31 bits per heavy atom. The van der Waals surface area contributed by atoms with Crippen molar-refractivity contribution >= 4 is 17.7 Å². The first-order valence-electron chi connectivity index (χ1n) is 12.4. The summed E-state index contributed by atoms with van der Waals surface area (Å²) in [5.41, 5.74) is -0.0552. The number of rotatable bonds is 3. The SMILES string of the molecule is CC(=O)O[C@@H]1C[C@@H]2[C@H](/C=C(/C)C(=O)[C@]3(O)C[C@H](C)[C@H](OC(=O)c4ccccc4)[C@@H]3/C=C/1C)C2(C)C. The summed E-state index contributed by atoms with van der Waals surface area (Å²) in [6.07, 6.45) is 3.40. The van der Waals surface area contributed by atoms with E-state index in [1.165, 1.54) is 6.92 Å². The fourth-order valence-electron chi connectivity index (χ4n) is 6.20. The summed E-state index contributed by atoms with van der Waals surface area (Å²) in [6, 6.07) is 8.69. The third-order valence-electron chi connectivity index (χ3n) is 8.40. The second kappa shape index (κ2) is 9.05. The minimum absolute atomic E-state index is 0.0296. The lowest BCUT2D eigenvalue weighted by Crippen LogP contribution is -2.45. The van der Waals surface area contributed by atoms with Crippen molar-refractivity contribution in [3.63, 3.8) is 0 Å². The van der Waals surface area contributed by atoms with Crippen molar-refractivity contribution in [2.45, 2.75) is 72.2 Å². The number of fused-ring (bicyclic) bond motifs is 2. The third kappa shape index (κ3) is 4.61. The largest absolute Gasteiger partial charge is 0.458 e. The second-order valence-corrected chi connectivity index (χ2v) is 11.2. The van der Waals surface area contributed by atoms with Crippen LogP contribution in [0, 0.1) is 29.1 Å². The smallest absolute Gasteiger partial charge is 0.338 e. The molecule has 3 aliphatic carbocycles. The predicted octanol–water partition coefficient (Wildman–Crippen LogP) is 4.67. The van der Waals surface area contributed by atoms with Crippen LogP contribution in [0.5, 0.6) is 0 Å². The van der Waals surface area contributed by atoms with E-state index in [0.717, 1.165) is 5.57 Å². The minimum Gasteiger partial charge on any atom is -0.458 e. The minimum atomic E-state index is -1.72. The summed E-state index contributed by atoms with van der Waals surface area (Å²) in [7, 11) is 0. The number of hydrogen-bond acceptors (Lipinski definition) is 6. The first-order chi connectivity index (χ1) is 16.4. The number of allylic oxidation sites excluding steroid dienone is 1. The molecule has 0 aliphatic heterocycles. The van der Waals surface area contributed by atoms with Gasteiger partial charge >= 0.3 is 11.9 Å². The maximum Gasteiger partial charge on any atom is 0.338 e. The van der Waals surface area contributed by atoms with Crippen LogP contribution in [0.25, 0.3) is 0 Å². The zero-order chi connectivity index (χ0) is 25.7. The van der Waals surface area contributed by atoms with E-state index in [1.807, 2.05) is 26.0 Å². The molecule has 2 saturated carbocycles. The number of hydrogen-bond donors (Lipinski definition) is 1. The van der Waals surface area contributed by atoms with Gasteiger partial charge in [-0.2, -0.15) is 0 Å². The van der Waals surface area contributed by atoms with Gasteiger partial charge in [0.15, 0.2) is 5.78 Å². The van der Waals surface area contributed by atoms with Crippen molar-refractivity contribution in [3.05, 3.63) is 59.2 Å². The molecule has 188 valence electrons. The van der Waals surface area contributed by atoms with Crippen LogP contribution >= 0.6 is 0 Å². The van der Waals surface area contributed by atoms with Gasteiger partial charge in [0, 0.05) is 6.92 Å². The van der Waals surface area contributed by atoms with Gasteiger partial charge in [-0.05, 0) is 73.1 Å². The molecule has 1 aromatic rings. The van der Waals surface area contributed by atoms with Crippen molar-refractivity contribution in [3.8, 4) is 0 Å². The van der Waals surface area contributed by atoms with Crippen molar-refractivity contribution in [1.82, 2.24) is 0 Å². The Kier molecular flexibility index (Phi) is 6.56. The molecule has 7 atom stereocenters. The van der Waals surface area contributed by atoms with Crippen LogP contribution in [0.2, 0.25) is 0 Å². The topological polar surface area (TPSA) is 89.9 Å². The molecule has 2 fully saturated rings. The Morgan fingerprint density at radius 1 is 1.03 bits per heavy atom. The molecule has 0 saturated heterocycles. The summed E-state index contributed by atoms with van der Waals surface area (Å²) >= 11 is 0. The van der Waals surface area contributed by atoms with E-state index in [4.69, 9.17) is 9.47 Å². The zero-order valence-electron chi connectivity index (χ0n) is 21.4. The van der Waals surface area contributed by atoms with E-state index in [9.17, 15) is 19.5 Å². The molecule has 1 N–H and O–H groups in total. The van der Waals surface area contributed by atoms with Crippen LogP contribution in [0.1, 0.15) is 64.7 Å². The molecule has 3 aliphatic rings. The van der Waals surface area contributed by atoms with Crippen molar-refractivity contribution in [2.24, 2.45) is 29.1 Å². The zero-order valence-corrected chi connectivity index (χ0v) is 21.4. The molecule has 0 aromatic heterocycles. The lowest BCUT2D eigenvalue weighted by atomic mass is 9.81. The van der Waals surface area contributed by atoms with E-state index in [2.05, 4.69) is 13.8 Å². The fourth-order valence-corrected chi connectivity index (χ4v) is 6.20. The van der Waals surface area contributed by atoms with Gasteiger partial charge in [-0.25, -0.2) is 4.79 Å². The van der Waals surface area contributed by atoms with Crippen LogP contribution in [0.4, 0.5) is 0 Å². The predicted molar refractivity (Wildman–Crippen MR) is 131 cm³/mol. The summed E-state index contributed by atoms with van der Waals surface area (Å²) in [5.74, 6) is -1.81. The van der Waals surface area contributed by atoms with Crippen LogP contribution in [-0.4, -0.2) is 40.6 Å². The average molecular weight is 481 g/mol. The number of aliphatic hydroxyl groups is 1. The molecule has 4 rings (SSSR count). The number of carbonyl (C=O) groups is 3. The van der Waals surface area contributed by atoms with E-state index >= 15 is 0 Å². The van der Waals surface area contributed by atoms with Gasteiger partial charge in [-0.15, -0.1) is 0 Å². The Morgan fingerprint density at radius 2 is 1.69 bits per heavy atom. The average Bonchev–Trinajstić information content (AvgIpc) is 3.20. The van der Waals surface area contributed by atoms with E-state index < -0.39 is 29.7 Å². The quantitative estimate of drug-likeness (QED) is 0.500. The highest BCUT2D eigenvalue weighted by atomic mass is 16.5. The van der Waals surface area contributed by atoms with E-state index in [1.54, 1.807) is 37.3 Å². The van der Waals surface area contributed by atoms with Crippen molar-refractivity contribution in [1.29, 1.82) is 0 Å². The Balaban J connectivity index is 1.76. The normalized spacial score (nSPS) is 39.0. The summed E-state index contributed by atoms with van der Waals surface area (Å²) in [5, 5.41) is 11.9. The lowest BCUT2D eigenvalue weighted by molar-refractivity contribution is -0.145. The number of carbonyl (C=O) groups excluding carboxylic acids is 3. The molecule has 35 heavy (non-hydrogen) atoms. The molecule has 0 amide bonds. The van der Waals surface area contributed by atoms with Crippen LogP contribution < -0.4 is 0 Å². The number of benzene rings is 1. The Labute approximate surface area is 207 Å². The number of Topliss-reactive ketones (excluding diaryl/α,β-unsaturated/α-hetero) is 1. The Hall–Kier alpha value is -2.73. The van der Waals surface area contributed by atoms with E-state index in [0.29, 0.717) is 17.6 Å². The molecule has 6 nitrogen and oxygen atoms in total. The Bertz CT molecular complexity index is 1080. The van der Waals surface area contributed by atoms with Gasteiger partial charge in [0.1, 0.15) is 17.8 Å². The molecule has 0 bridgehead atoms. The molecular weight excluding hydrogens is 444 g/mol. The summed E-state index contributed by atoms with van der Waals surface area (Å²) < 4.78 is 11.6. The number of ether oxygens (including phenoxy) is 2. The van der Waals surface area contributed by atoms with Crippen LogP contribution in [0.15, 0.2) is 53.6 Å². The first kappa shape index (κ1) is 25.4. The van der Waals surface area contributed by atoms with Crippen LogP contribution in [-0.2, 0) is 19.1 Å². The molecular formula is C29H36O6. The van der Waals surface area contributed by atoms with Gasteiger partial charge in [0.2, 0.25) is 0 Å².